The molecule has 0 atom stereocenters. The Morgan fingerprint density at radius 2 is 1.61 bits per heavy atom. The van der Waals surface area contributed by atoms with Crippen molar-refractivity contribution in [3.05, 3.63) is 59.4 Å². The second-order valence-corrected chi connectivity index (χ2v) is 6.77. The molecule has 1 aromatic heterocycles. The molecule has 3 rings (SSSR count). The third-order valence-corrected chi connectivity index (χ3v) is 4.89. The Kier molecular flexibility index (Phi) is 8.26. The maximum absolute atomic E-state index is 13.1. The van der Waals surface area contributed by atoms with Crippen LogP contribution in [0.4, 0.5) is 13.2 Å². The first kappa shape index (κ1) is 24.0. The predicted octanol–water partition coefficient (Wildman–Crippen LogP) is 5.08. The summed E-state index contributed by atoms with van der Waals surface area (Å²) in [6.07, 6.45) is 3.12. The lowest BCUT2D eigenvalue weighted by Crippen LogP contribution is -2.09. The highest BCUT2D eigenvalue weighted by Gasteiger charge is 2.21. The van der Waals surface area contributed by atoms with Crippen molar-refractivity contribution in [2.24, 2.45) is 0 Å². The van der Waals surface area contributed by atoms with Gasteiger partial charge in [0.25, 0.3) is 0 Å². The van der Waals surface area contributed by atoms with Crippen LogP contribution < -0.4 is 9.47 Å². The lowest BCUT2D eigenvalue weighted by molar-refractivity contribution is 0.00817. The first-order valence-electron chi connectivity index (χ1n) is 8.62. The Morgan fingerprint density at radius 3 is 2.13 bits per heavy atom. The number of carboxylic acid groups (broad SMARTS) is 1. The molecule has 0 bridgehead atoms. The van der Waals surface area contributed by atoms with E-state index < -0.39 is 12.6 Å². The Bertz CT molecular complexity index is 1110. The van der Waals surface area contributed by atoms with Crippen LogP contribution in [0.15, 0.2) is 47.5 Å². The van der Waals surface area contributed by atoms with Gasteiger partial charge in [0, 0.05) is 27.4 Å². The number of hydrogen-bond acceptors (Lipinski definition) is 6. The van der Waals surface area contributed by atoms with Crippen LogP contribution in [0.5, 0.6) is 11.5 Å². The fourth-order valence-electron chi connectivity index (χ4n) is 2.82. The maximum Gasteiger partial charge on any atom is 0.379 e. The van der Waals surface area contributed by atoms with E-state index in [-0.39, 0.29) is 17.0 Å². The molecule has 164 valence electrons. The molecule has 0 aliphatic rings. The van der Waals surface area contributed by atoms with Crippen LogP contribution in [0.2, 0.25) is 0 Å². The number of thioether (sulfide) groups is 1. The van der Waals surface area contributed by atoms with Crippen molar-refractivity contribution in [3.63, 3.8) is 0 Å². The fraction of sp³-hybridized carbons (Fsp3) is 0.190. The number of alkyl halides is 3. The van der Waals surface area contributed by atoms with Gasteiger partial charge in [-0.25, -0.2) is 4.79 Å². The van der Waals surface area contributed by atoms with Crippen LogP contribution in [-0.4, -0.2) is 49.0 Å². The average Bonchev–Trinajstić information content (AvgIpc) is 2.76. The van der Waals surface area contributed by atoms with E-state index in [9.17, 15) is 27.9 Å². The zero-order valence-electron chi connectivity index (χ0n) is 16.7. The molecule has 31 heavy (non-hydrogen) atoms. The van der Waals surface area contributed by atoms with Gasteiger partial charge in [-0.1, -0.05) is 12.1 Å². The van der Waals surface area contributed by atoms with Gasteiger partial charge < -0.3 is 14.6 Å². The highest BCUT2D eigenvalue weighted by molar-refractivity contribution is 7.98. The second-order valence-electron chi connectivity index (χ2n) is 5.89. The Labute approximate surface area is 180 Å². The molecule has 0 amide bonds. The molecule has 0 spiro atoms. The molecule has 0 saturated carbocycles. The van der Waals surface area contributed by atoms with E-state index in [0.717, 1.165) is 4.90 Å². The highest BCUT2D eigenvalue weighted by Crippen LogP contribution is 2.35. The van der Waals surface area contributed by atoms with Gasteiger partial charge in [0.2, 0.25) is 5.78 Å². The number of hydrogen-bond donors (Lipinski definition) is 1. The van der Waals surface area contributed by atoms with E-state index in [1.807, 2.05) is 12.3 Å². The topological polar surface area (TPSA) is 85.7 Å². The van der Waals surface area contributed by atoms with Gasteiger partial charge in [0.15, 0.2) is 11.5 Å². The van der Waals surface area contributed by atoms with Gasteiger partial charge in [-0.3, -0.25) is 9.78 Å². The van der Waals surface area contributed by atoms with Crippen molar-refractivity contribution in [1.82, 2.24) is 4.98 Å². The van der Waals surface area contributed by atoms with Crippen LogP contribution in [0.1, 0.15) is 26.4 Å². The zero-order valence-corrected chi connectivity index (χ0v) is 17.5. The van der Waals surface area contributed by atoms with Gasteiger partial charge in [-0.2, -0.15) is 13.2 Å². The molecule has 0 radical (unpaired) electrons. The van der Waals surface area contributed by atoms with Crippen molar-refractivity contribution in [1.29, 1.82) is 0 Å². The van der Waals surface area contributed by atoms with Gasteiger partial charge in [-0.05, 0) is 30.5 Å². The van der Waals surface area contributed by atoms with Crippen LogP contribution in [0.25, 0.3) is 10.8 Å². The number of ether oxygens (including phenoxy) is 2. The highest BCUT2D eigenvalue weighted by atomic mass is 32.2. The first-order valence-corrected chi connectivity index (χ1v) is 9.84. The van der Waals surface area contributed by atoms with E-state index in [1.165, 1.54) is 32.2 Å². The molecule has 0 unspecified atom stereocenters. The Balaban J connectivity index is 0.000000785. The second kappa shape index (κ2) is 10.7. The number of carbonyl (C=O) groups excluding carboxylic acids is 1. The summed E-state index contributed by atoms with van der Waals surface area (Å²) in [4.78, 5) is 29.8. The minimum absolute atomic E-state index is 0.0135. The van der Waals surface area contributed by atoms with Gasteiger partial charge in [-0.15, -0.1) is 11.8 Å². The number of benzene rings is 2. The first-order chi connectivity index (χ1) is 14.7. The predicted molar refractivity (Wildman–Crippen MR) is 111 cm³/mol. The van der Waals surface area contributed by atoms with E-state index in [4.69, 9.17) is 9.47 Å². The Morgan fingerprint density at radius 1 is 1.03 bits per heavy atom. The quantitative estimate of drug-likeness (QED) is 0.411. The zero-order chi connectivity index (χ0) is 23.1. The van der Waals surface area contributed by atoms with Crippen LogP contribution in [0.3, 0.4) is 0 Å². The van der Waals surface area contributed by atoms with Crippen molar-refractivity contribution < 1.29 is 37.3 Å². The molecule has 10 heteroatoms. The standard InChI is InChI=1S/C20H17NO5S.CHF3/c1-25-16-8-13-14(9-17(16)26-2)18(21-10-15(13)20(23)24)19(22)11-5-4-6-12(7-11)27-3;2-1(3)4/h4-10H,1-3H3,(H,23,24);1H. The van der Waals surface area contributed by atoms with E-state index in [2.05, 4.69) is 4.98 Å². The van der Waals surface area contributed by atoms with E-state index in [0.29, 0.717) is 27.8 Å². The molecule has 0 saturated heterocycles. The minimum atomic E-state index is -3.67. The molecule has 0 aliphatic carbocycles. The smallest absolute Gasteiger partial charge is 0.379 e. The van der Waals surface area contributed by atoms with Crippen LogP contribution in [0, 0.1) is 0 Å². The molecule has 0 aliphatic heterocycles. The molecular formula is C21H18F3NO5S. The SMILES string of the molecule is COc1cc2c(C(=O)O)cnc(C(=O)c3cccc(SC)c3)c2cc1OC.FC(F)F. The maximum atomic E-state index is 13.1. The normalized spacial score (nSPS) is 10.4. The van der Waals surface area contributed by atoms with Crippen molar-refractivity contribution >= 4 is 34.3 Å². The molecule has 1 heterocycles. The number of pyridine rings is 1. The number of nitrogens with zero attached hydrogens (tertiary/aromatic N) is 1. The monoisotopic (exact) mass is 453 g/mol. The largest absolute Gasteiger partial charge is 0.493 e. The summed E-state index contributed by atoms with van der Waals surface area (Å²) >= 11 is 1.53. The number of methoxy groups -OCH3 is 2. The number of halogens is 3. The number of fused-ring (bicyclic) bond motifs is 1. The number of aromatic nitrogens is 1. The summed E-state index contributed by atoms with van der Waals surface area (Å²) in [5, 5.41) is 10.2. The van der Waals surface area contributed by atoms with Crippen molar-refractivity contribution in [2.45, 2.75) is 11.6 Å². The molecule has 2 aromatic carbocycles. The summed E-state index contributed by atoms with van der Waals surface area (Å²) in [6.45, 7) is -3.67. The summed E-state index contributed by atoms with van der Waals surface area (Å²) in [5.74, 6) is -0.661. The number of carbonyl (C=O) groups is 2. The van der Waals surface area contributed by atoms with Crippen molar-refractivity contribution in [3.8, 4) is 11.5 Å². The number of ketones is 1. The molecule has 3 aromatic rings. The van der Waals surface area contributed by atoms with Crippen molar-refractivity contribution in [2.75, 3.05) is 20.5 Å². The third-order valence-electron chi connectivity index (χ3n) is 4.17. The molecule has 0 fully saturated rings. The summed E-state index contributed by atoms with van der Waals surface area (Å²) in [7, 11) is 2.94. The van der Waals surface area contributed by atoms with Crippen LogP contribution >= 0.6 is 11.8 Å². The molecular weight excluding hydrogens is 435 g/mol. The summed E-state index contributed by atoms with van der Waals surface area (Å²) < 4.78 is 39.6. The van der Waals surface area contributed by atoms with Crippen LogP contribution in [-0.2, 0) is 0 Å². The van der Waals surface area contributed by atoms with Gasteiger partial charge in [0.05, 0.1) is 19.8 Å². The number of rotatable bonds is 6. The lowest BCUT2D eigenvalue weighted by atomic mass is 9.99. The average molecular weight is 453 g/mol. The number of aromatic carboxylic acids is 1. The minimum Gasteiger partial charge on any atom is -0.493 e. The summed E-state index contributed by atoms with van der Waals surface area (Å²) in [5.41, 5.74) is 0.628. The van der Waals surface area contributed by atoms with Gasteiger partial charge in [0.1, 0.15) is 5.69 Å². The lowest BCUT2D eigenvalue weighted by Gasteiger charge is -2.13. The number of carboxylic acids is 1. The fourth-order valence-corrected chi connectivity index (χ4v) is 3.28. The molecule has 1 N–H and O–H groups in total. The summed E-state index contributed by atoms with van der Waals surface area (Å²) in [6, 6.07) is 10.3. The molecule has 6 nitrogen and oxygen atoms in total. The Hall–Kier alpha value is -3.27. The van der Waals surface area contributed by atoms with E-state index in [1.54, 1.807) is 30.3 Å². The van der Waals surface area contributed by atoms with E-state index >= 15 is 0 Å². The third kappa shape index (κ3) is 5.66. The van der Waals surface area contributed by atoms with Gasteiger partial charge >= 0.3 is 12.6 Å².